The highest BCUT2D eigenvalue weighted by Crippen LogP contribution is 2.18. The van der Waals surface area contributed by atoms with Gasteiger partial charge in [-0.25, -0.2) is 0 Å². The zero-order valence-corrected chi connectivity index (χ0v) is 10.5. The van der Waals surface area contributed by atoms with E-state index in [1.54, 1.807) is 0 Å². The maximum atomic E-state index is 5.86. The van der Waals surface area contributed by atoms with Gasteiger partial charge in [-0.15, -0.1) is 0 Å². The van der Waals surface area contributed by atoms with Crippen LogP contribution >= 0.6 is 11.6 Å². The van der Waals surface area contributed by atoms with Crippen LogP contribution in [0, 0.1) is 0 Å². The van der Waals surface area contributed by atoms with E-state index in [0.29, 0.717) is 0 Å². The van der Waals surface area contributed by atoms with Crippen LogP contribution in [-0.4, -0.2) is 4.98 Å². The lowest BCUT2D eigenvalue weighted by atomic mass is 10.2. The average Bonchev–Trinajstić information content (AvgIpc) is 2.81. The van der Waals surface area contributed by atoms with Crippen molar-refractivity contribution in [1.82, 2.24) is 4.98 Å². The molecule has 0 saturated carbocycles. The first-order chi connectivity index (χ1) is 8.81. The van der Waals surface area contributed by atoms with Crippen LogP contribution in [0.4, 0.5) is 5.82 Å². The Labute approximate surface area is 111 Å². The molecular formula is C15H13ClN2. The van der Waals surface area contributed by atoms with Crippen LogP contribution in [0.15, 0.2) is 54.6 Å². The van der Waals surface area contributed by atoms with Gasteiger partial charge in [0.05, 0.1) is 0 Å². The molecule has 18 heavy (non-hydrogen) atoms. The molecule has 2 N–H and O–H groups in total. The zero-order chi connectivity index (χ0) is 12.4. The second kappa shape index (κ2) is 4.75. The molecule has 2 aromatic carbocycles. The molecule has 0 radical (unpaired) electrons. The second-order valence-corrected chi connectivity index (χ2v) is 4.69. The van der Waals surface area contributed by atoms with E-state index in [2.05, 4.69) is 28.5 Å². The number of aromatic nitrogens is 1. The minimum atomic E-state index is 0.768. The number of benzene rings is 2. The lowest BCUT2D eigenvalue weighted by molar-refractivity contribution is 1.13. The van der Waals surface area contributed by atoms with E-state index >= 15 is 0 Å². The molecule has 0 saturated heterocycles. The molecule has 0 fully saturated rings. The van der Waals surface area contributed by atoms with Gasteiger partial charge >= 0.3 is 0 Å². The predicted octanol–water partition coefficient (Wildman–Crippen LogP) is 4.43. The number of anilines is 1. The zero-order valence-electron chi connectivity index (χ0n) is 9.78. The Hall–Kier alpha value is -1.93. The van der Waals surface area contributed by atoms with Crippen LogP contribution in [0.2, 0.25) is 5.02 Å². The fraction of sp³-hybridized carbons (Fsp3) is 0.0667. The summed E-state index contributed by atoms with van der Waals surface area (Å²) in [5, 5.41) is 5.36. The third-order valence-electron chi connectivity index (χ3n) is 2.93. The van der Waals surface area contributed by atoms with E-state index < -0.39 is 0 Å². The number of hydrogen-bond donors (Lipinski definition) is 2. The van der Waals surface area contributed by atoms with Crippen molar-refractivity contribution in [3.63, 3.8) is 0 Å². The molecule has 0 bridgehead atoms. The van der Waals surface area contributed by atoms with Crippen LogP contribution in [0.5, 0.6) is 0 Å². The van der Waals surface area contributed by atoms with Gasteiger partial charge in [-0.3, -0.25) is 0 Å². The first-order valence-electron chi connectivity index (χ1n) is 5.87. The molecule has 1 aromatic heterocycles. The summed E-state index contributed by atoms with van der Waals surface area (Å²) < 4.78 is 0. The van der Waals surface area contributed by atoms with Gasteiger partial charge in [0.2, 0.25) is 0 Å². The van der Waals surface area contributed by atoms with Crippen molar-refractivity contribution in [3.8, 4) is 0 Å². The Morgan fingerprint density at radius 1 is 1.00 bits per heavy atom. The van der Waals surface area contributed by atoms with Crippen molar-refractivity contribution in [1.29, 1.82) is 0 Å². The monoisotopic (exact) mass is 256 g/mol. The lowest BCUT2D eigenvalue weighted by Gasteiger charge is -2.03. The van der Waals surface area contributed by atoms with Crippen LogP contribution in [0.1, 0.15) is 5.56 Å². The Morgan fingerprint density at radius 3 is 2.56 bits per heavy atom. The molecule has 0 aliphatic heterocycles. The molecule has 0 aliphatic rings. The molecule has 0 spiro atoms. The molecule has 0 unspecified atom stereocenters. The van der Waals surface area contributed by atoms with Gasteiger partial charge in [-0.05, 0) is 29.8 Å². The summed E-state index contributed by atoms with van der Waals surface area (Å²) in [7, 11) is 0. The molecule has 2 nitrogen and oxygen atoms in total. The quantitative estimate of drug-likeness (QED) is 0.713. The normalized spacial score (nSPS) is 10.7. The van der Waals surface area contributed by atoms with Crippen molar-refractivity contribution in [2.75, 3.05) is 5.32 Å². The molecule has 0 aliphatic carbocycles. The van der Waals surface area contributed by atoms with Crippen molar-refractivity contribution < 1.29 is 0 Å². The third kappa shape index (κ3) is 2.34. The summed E-state index contributed by atoms with van der Waals surface area (Å²) in [6.45, 7) is 0.782. The first-order valence-corrected chi connectivity index (χ1v) is 6.25. The topological polar surface area (TPSA) is 27.8 Å². The van der Waals surface area contributed by atoms with Crippen LogP contribution < -0.4 is 5.32 Å². The highest BCUT2D eigenvalue weighted by molar-refractivity contribution is 6.30. The van der Waals surface area contributed by atoms with Crippen molar-refractivity contribution >= 4 is 28.3 Å². The highest BCUT2D eigenvalue weighted by Gasteiger charge is 1.99. The van der Waals surface area contributed by atoms with E-state index in [1.165, 1.54) is 10.9 Å². The summed E-state index contributed by atoms with van der Waals surface area (Å²) in [6, 6.07) is 18.2. The second-order valence-electron chi connectivity index (χ2n) is 4.25. The van der Waals surface area contributed by atoms with E-state index in [9.17, 15) is 0 Å². The SMILES string of the molecule is Clc1ccc(CNc2cc3ccccc3[nH]2)cc1. The fourth-order valence-corrected chi connectivity index (χ4v) is 2.09. The number of halogens is 1. The molecule has 3 aromatic rings. The highest BCUT2D eigenvalue weighted by atomic mass is 35.5. The van der Waals surface area contributed by atoms with Gasteiger partial charge < -0.3 is 10.3 Å². The molecule has 90 valence electrons. The van der Waals surface area contributed by atoms with Gasteiger partial charge in [0.1, 0.15) is 5.82 Å². The summed E-state index contributed by atoms with van der Waals surface area (Å²) >= 11 is 5.86. The van der Waals surface area contributed by atoms with Crippen LogP contribution in [0.25, 0.3) is 10.9 Å². The van der Waals surface area contributed by atoms with E-state index in [-0.39, 0.29) is 0 Å². The van der Waals surface area contributed by atoms with E-state index in [1.807, 2.05) is 36.4 Å². The number of para-hydroxylation sites is 1. The molecule has 0 amide bonds. The number of fused-ring (bicyclic) bond motifs is 1. The number of nitrogens with one attached hydrogen (secondary N) is 2. The number of rotatable bonds is 3. The molecule has 3 heteroatoms. The van der Waals surface area contributed by atoms with Gasteiger partial charge in [-0.2, -0.15) is 0 Å². The van der Waals surface area contributed by atoms with E-state index in [0.717, 1.165) is 22.9 Å². The molecule has 3 rings (SSSR count). The van der Waals surface area contributed by atoms with Gasteiger partial charge in [0, 0.05) is 22.5 Å². The minimum Gasteiger partial charge on any atom is -0.368 e. The maximum absolute atomic E-state index is 5.86. The Balaban J connectivity index is 1.74. The molecule has 0 atom stereocenters. The van der Waals surface area contributed by atoms with Crippen molar-refractivity contribution in [2.24, 2.45) is 0 Å². The molecular weight excluding hydrogens is 244 g/mol. The Bertz CT molecular complexity index is 623. The number of H-pyrrole nitrogens is 1. The first kappa shape index (κ1) is 11.2. The summed E-state index contributed by atoms with van der Waals surface area (Å²) in [5.74, 6) is 1.03. The smallest absolute Gasteiger partial charge is 0.104 e. The van der Waals surface area contributed by atoms with Gasteiger partial charge in [0.15, 0.2) is 0 Å². The lowest BCUT2D eigenvalue weighted by Crippen LogP contribution is -1.98. The van der Waals surface area contributed by atoms with Crippen molar-refractivity contribution in [2.45, 2.75) is 6.54 Å². The summed E-state index contributed by atoms with van der Waals surface area (Å²) in [4.78, 5) is 3.34. The average molecular weight is 257 g/mol. The number of aromatic amines is 1. The summed E-state index contributed by atoms with van der Waals surface area (Å²) in [5.41, 5.74) is 2.36. The van der Waals surface area contributed by atoms with E-state index in [4.69, 9.17) is 11.6 Å². The standard InChI is InChI=1S/C15H13ClN2/c16-13-7-5-11(6-8-13)10-17-15-9-12-3-1-2-4-14(12)18-15/h1-9,17-18H,10H2. The third-order valence-corrected chi connectivity index (χ3v) is 3.18. The van der Waals surface area contributed by atoms with Gasteiger partial charge in [0.25, 0.3) is 0 Å². The van der Waals surface area contributed by atoms with Crippen LogP contribution in [-0.2, 0) is 6.54 Å². The van der Waals surface area contributed by atoms with Crippen molar-refractivity contribution in [3.05, 3.63) is 65.2 Å². The fourth-order valence-electron chi connectivity index (χ4n) is 1.97. The Morgan fingerprint density at radius 2 is 1.78 bits per heavy atom. The maximum Gasteiger partial charge on any atom is 0.104 e. The predicted molar refractivity (Wildman–Crippen MR) is 77.1 cm³/mol. The minimum absolute atomic E-state index is 0.768. The largest absolute Gasteiger partial charge is 0.368 e. The number of hydrogen-bond acceptors (Lipinski definition) is 1. The summed E-state index contributed by atoms with van der Waals surface area (Å²) in [6.07, 6.45) is 0. The van der Waals surface area contributed by atoms with Gasteiger partial charge in [-0.1, -0.05) is 41.9 Å². The molecule has 1 heterocycles. The Kier molecular flexibility index (Phi) is 2.95. The van der Waals surface area contributed by atoms with Crippen LogP contribution in [0.3, 0.4) is 0 Å².